The molecule has 1 aromatic heterocycles. The van der Waals surface area contributed by atoms with E-state index in [2.05, 4.69) is 10.2 Å². The second kappa shape index (κ2) is 7.47. The SMILES string of the molecule is COC(=O)c1ccc(-c2ccc(/C=C3\C(=O)NN(c4ccccc4)C3=O)o2)cc1. The molecule has 0 spiro atoms. The lowest BCUT2D eigenvalue weighted by atomic mass is 10.1. The van der Waals surface area contributed by atoms with Gasteiger partial charge in [0, 0.05) is 5.56 Å². The molecule has 3 aromatic rings. The van der Waals surface area contributed by atoms with E-state index in [4.69, 9.17) is 4.42 Å². The number of hydrazine groups is 1. The van der Waals surface area contributed by atoms with Crippen LogP contribution in [-0.2, 0) is 14.3 Å². The Morgan fingerprint density at radius 3 is 2.41 bits per heavy atom. The molecular formula is C22H16N2O5. The molecule has 0 aliphatic carbocycles. The number of esters is 1. The molecule has 0 saturated carbocycles. The molecule has 0 radical (unpaired) electrons. The number of carbonyl (C=O) groups is 3. The number of hydrogen-bond acceptors (Lipinski definition) is 5. The van der Waals surface area contributed by atoms with Crippen molar-refractivity contribution in [2.45, 2.75) is 0 Å². The molecule has 1 N–H and O–H groups in total. The molecule has 2 heterocycles. The van der Waals surface area contributed by atoms with Gasteiger partial charge in [0.15, 0.2) is 0 Å². The molecule has 7 nitrogen and oxygen atoms in total. The summed E-state index contributed by atoms with van der Waals surface area (Å²) in [5.74, 6) is -0.472. The van der Waals surface area contributed by atoms with Gasteiger partial charge in [0.2, 0.25) is 0 Å². The number of para-hydroxylation sites is 1. The summed E-state index contributed by atoms with van der Waals surface area (Å²) in [5.41, 5.74) is 4.27. The Kier molecular flexibility index (Phi) is 4.70. The third-order valence-electron chi connectivity index (χ3n) is 4.41. The monoisotopic (exact) mass is 388 g/mol. The molecule has 1 aliphatic rings. The standard InChI is InChI=1S/C22H16N2O5/c1-28-22(27)15-9-7-14(8-10-15)19-12-11-17(29-19)13-18-20(25)23-24(21(18)26)16-5-3-2-4-6-16/h2-13H,1H3,(H,23,25)/b18-13+. The fourth-order valence-electron chi connectivity index (χ4n) is 2.93. The second-order valence-corrected chi connectivity index (χ2v) is 6.25. The fourth-order valence-corrected chi connectivity index (χ4v) is 2.93. The van der Waals surface area contributed by atoms with Crippen molar-refractivity contribution in [2.24, 2.45) is 0 Å². The highest BCUT2D eigenvalue weighted by molar-refractivity contribution is 6.31. The van der Waals surface area contributed by atoms with E-state index in [9.17, 15) is 14.4 Å². The number of anilines is 1. The third kappa shape index (κ3) is 3.53. The number of rotatable bonds is 4. The second-order valence-electron chi connectivity index (χ2n) is 6.25. The molecule has 0 atom stereocenters. The Balaban J connectivity index is 1.57. The largest absolute Gasteiger partial charge is 0.465 e. The first-order valence-corrected chi connectivity index (χ1v) is 8.77. The van der Waals surface area contributed by atoms with Crippen LogP contribution in [-0.4, -0.2) is 24.9 Å². The lowest BCUT2D eigenvalue weighted by Crippen LogP contribution is -2.35. The number of nitrogens with zero attached hydrogens (tertiary/aromatic N) is 1. The molecule has 0 unspecified atom stereocenters. The van der Waals surface area contributed by atoms with Crippen molar-refractivity contribution in [1.82, 2.24) is 5.43 Å². The van der Waals surface area contributed by atoms with Crippen LogP contribution in [0, 0.1) is 0 Å². The van der Waals surface area contributed by atoms with Gasteiger partial charge in [-0.05, 0) is 42.5 Å². The van der Waals surface area contributed by atoms with E-state index in [0.29, 0.717) is 22.8 Å². The average Bonchev–Trinajstić information content (AvgIpc) is 3.34. The highest BCUT2D eigenvalue weighted by Gasteiger charge is 2.34. The number of hydrogen-bond donors (Lipinski definition) is 1. The van der Waals surface area contributed by atoms with E-state index in [0.717, 1.165) is 5.56 Å². The van der Waals surface area contributed by atoms with E-state index < -0.39 is 17.8 Å². The van der Waals surface area contributed by atoms with Crippen LogP contribution in [0.15, 0.2) is 76.7 Å². The normalized spacial score (nSPS) is 14.9. The van der Waals surface area contributed by atoms with Gasteiger partial charge in [0.25, 0.3) is 11.8 Å². The molecule has 1 aliphatic heterocycles. The maximum Gasteiger partial charge on any atom is 0.337 e. The zero-order valence-electron chi connectivity index (χ0n) is 15.4. The number of furan rings is 1. The highest BCUT2D eigenvalue weighted by atomic mass is 16.5. The Bertz CT molecular complexity index is 1110. The summed E-state index contributed by atoms with van der Waals surface area (Å²) in [6, 6.07) is 19.0. The minimum Gasteiger partial charge on any atom is -0.465 e. The summed E-state index contributed by atoms with van der Waals surface area (Å²) in [6.07, 6.45) is 1.41. The molecule has 29 heavy (non-hydrogen) atoms. The Hall–Kier alpha value is -4.13. The van der Waals surface area contributed by atoms with Crippen LogP contribution in [0.1, 0.15) is 16.1 Å². The zero-order chi connectivity index (χ0) is 20.4. The van der Waals surface area contributed by atoms with E-state index in [-0.39, 0.29) is 5.57 Å². The maximum absolute atomic E-state index is 12.6. The van der Waals surface area contributed by atoms with Crippen molar-refractivity contribution in [2.75, 3.05) is 12.1 Å². The van der Waals surface area contributed by atoms with Gasteiger partial charge in [-0.1, -0.05) is 30.3 Å². The van der Waals surface area contributed by atoms with Crippen LogP contribution in [0.4, 0.5) is 5.69 Å². The number of methoxy groups -OCH3 is 1. The molecule has 7 heteroatoms. The molecule has 1 saturated heterocycles. The molecule has 2 amide bonds. The molecule has 2 aromatic carbocycles. The van der Waals surface area contributed by atoms with Gasteiger partial charge in [0.1, 0.15) is 17.1 Å². The summed E-state index contributed by atoms with van der Waals surface area (Å²) >= 11 is 0. The minimum absolute atomic E-state index is 0.0178. The lowest BCUT2D eigenvalue weighted by molar-refractivity contribution is -0.117. The summed E-state index contributed by atoms with van der Waals surface area (Å²) in [7, 11) is 1.32. The molecule has 4 rings (SSSR count). The minimum atomic E-state index is -0.501. The molecule has 0 bridgehead atoms. The third-order valence-corrected chi connectivity index (χ3v) is 4.41. The van der Waals surface area contributed by atoms with Crippen LogP contribution in [0.5, 0.6) is 0 Å². The van der Waals surface area contributed by atoms with Crippen LogP contribution < -0.4 is 10.4 Å². The Morgan fingerprint density at radius 2 is 1.72 bits per heavy atom. The van der Waals surface area contributed by atoms with Gasteiger partial charge in [0.05, 0.1) is 18.4 Å². The fraction of sp³-hybridized carbons (Fsp3) is 0.0455. The number of benzene rings is 2. The van der Waals surface area contributed by atoms with Crippen molar-refractivity contribution < 1.29 is 23.5 Å². The first-order valence-electron chi connectivity index (χ1n) is 8.77. The lowest BCUT2D eigenvalue weighted by Gasteiger charge is -2.13. The zero-order valence-corrected chi connectivity index (χ0v) is 15.4. The van der Waals surface area contributed by atoms with Gasteiger partial charge in [-0.3, -0.25) is 15.0 Å². The number of nitrogens with one attached hydrogen (secondary N) is 1. The van der Waals surface area contributed by atoms with E-state index in [1.165, 1.54) is 18.2 Å². The Labute approximate surface area is 166 Å². The first kappa shape index (κ1) is 18.2. The van der Waals surface area contributed by atoms with Gasteiger partial charge in [-0.15, -0.1) is 0 Å². The van der Waals surface area contributed by atoms with Gasteiger partial charge in [-0.25, -0.2) is 9.80 Å². The van der Waals surface area contributed by atoms with Gasteiger partial charge in [-0.2, -0.15) is 0 Å². The van der Waals surface area contributed by atoms with Crippen LogP contribution in [0.25, 0.3) is 17.4 Å². The number of ether oxygens (including phenoxy) is 1. The summed E-state index contributed by atoms with van der Waals surface area (Å²) in [5, 5.41) is 1.20. The van der Waals surface area contributed by atoms with E-state index >= 15 is 0 Å². The van der Waals surface area contributed by atoms with E-state index in [1.807, 2.05) is 6.07 Å². The predicted molar refractivity (Wildman–Crippen MR) is 106 cm³/mol. The van der Waals surface area contributed by atoms with Crippen molar-refractivity contribution in [3.63, 3.8) is 0 Å². The quantitative estimate of drug-likeness (QED) is 0.421. The average molecular weight is 388 g/mol. The highest BCUT2D eigenvalue weighted by Crippen LogP contribution is 2.26. The van der Waals surface area contributed by atoms with Crippen molar-refractivity contribution in [3.05, 3.63) is 83.6 Å². The van der Waals surface area contributed by atoms with Crippen molar-refractivity contribution in [3.8, 4) is 11.3 Å². The summed E-state index contributed by atoms with van der Waals surface area (Å²) in [4.78, 5) is 36.4. The smallest absolute Gasteiger partial charge is 0.337 e. The summed E-state index contributed by atoms with van der Waals surface area (Å²) < 4.78 is 10.4. The maximum atomic E-state index is 12.6. The summed E-state index contributed by atoms with van der Waals surface area (Å²) in [6.45, 7) is 0. The van der Waals surface area contributed by atoms with Gasteiger partial charge >= 0.3 is 5.97 Å². The predicted octanol–water partition coefficient (Wildman–Crippen LogP) is 3.19. The van der Waals surface area contributed by atoms with Crippen LogP contribution in [0.2, 0.25) is 0 Å². The molecule has 144 valence electrons. The number of amides is 2. The number of carbonyl (C=O) groups excluding carboxylic acids is 3. The van der Waals surface area contributed by atoms with E-state index in [1.54, 1.807) is 60.7 Å². The van der Waals surface area contributed by atoms with Crippen LogP contribution >= 0.6 is 0 Å². The molecular weight excluding hydrogens is 372 g/mol. The van der Waals surface area contributed by atoms with Crippen molar-refractivity contribution in [1.29, 1.82) is 0 Å². The first-order chi connectivity index (χ1) is 14.1. The van der Waals surface area contributed by atoms with Crippen molar-refractivity contribution >= 4 is 29.5 Å². The Morgan fingerprint density at radius 1 is 1.00 bits per heavy atom. The topological polar surface area (TPSA) is 88.9 Å². The molecule has 1 fully saturated rings. The van der Waals surface area contributed by atoms with Crippen LogP contribution in [0.3, 0.4) is 0 Å². The van der Waals surface area contributed by atoms with Gasteiger partial charge < -0.3 is 9.15 Å².